The van der Waals surface area contributed by atoms with Crippen LogP contribution in [0.5, 0.6) is 5.75 Å². The van der Waals surface area contributed by atoms with Gasteiger partial charge < -0.3 is 20.5 Å². The standard InChI is InChI=1S/C27H44N2O4/c1-6-7-8-9-10-11-14-20-15-12-13-16-22(20)33-24(30)23(28)27(4)18-21(29(5)25(31)32)17-26(2,3)19-27/h12-13,15-16,21,23H,6-11,14,17-19,28H2,1-5H3,(H,31,32). The van der Waals surface area contributed by atoms with Gasteiger partial charge in [0.2, 0.25) is 0 Å². The molecule has 0 bridgehead atoms. The van der Waals surface area contributed by atoms with E-state index in [1.807, 2.05) is 31.2 Å². The first-order chi connectivity index (χ1) is 15.5. The number of nitrogens with zero attached hydrogens (tertiary/aromatic N) is 1. The zero-order valence-electron chi connectivity index (χ0n) is 21.2. The molecule has 0 spiro atoms. The molecule has 6 heteroatoms. The van der Waals surface area contributed by atoms with E-state index in [9.17, 15) is 14.7 Å². The molecule has 1 aromatic carbocycles. The van der Waals surface area contributed by atoms with Crippen molar-refractivity contribution in [3.05, 3.63) is 29.8 Å². The summed E-state index contributed by atoms with van der Waals surface area (Å²) in [5.74, 6) is 0.145. The van der Waals surface area contributed by atoms with Gasteiger partial charge in [0.15, 0.2) is 0 Å². The number of amides is 1. The predicted molar refractivity (Wildman–Crippen MR) is 132 cm³/mol. The summed E-state index contributed by atoms with van der Waals surface area (Å²) in [6.45, 7) is 8.43. The molecular weight excluding hydrogens is 416 g/mol. The van der Waals surface area contributed by atoms with E-state index in [4.69, 9.17) is 10.5 Å². The van der Waals surface area contributed by atoms with Crippen LogP contribution in [0, 0.1) is 10.8 Å². The number of ether oxygens (including phenoxy) is 1. The number of benzene rings is 1. The van der Waals surface area contributed by atoms with E-state index in [2.05, 4.69) is 20.8 Å². The number of aryl methyl sites for hydroxylation is 1. The molecule has 0 aliphatic heterocycles. The molecule has 33 heavy (non-hydrogen) atoms. The van der Waals surface area contributed by atoms with Gasteiger partial charge in [-0.25, -0.2) is 9.59 Å². The Morgan fingerprint density at radius 2 is 1.76 bits per heavy atom. The maximum atomic E-state index is 13.2. The highest BCUT2D eigenvalue weighted by molar-refractivity contribution is 5.79. The molecule has 6 nitrogen and oxygen atoms in total. The smallest absolute Gasteiger partial charge is 0.407 e. The third kappa shape index (κ3) is 7.73. The molecule has 3 unspecified atom stereocenters. The molecule has 0 saturated heterocycles. The molecule has 1 fully saturated rings. The Morgan fingerprint density at radius 3 is 2.42 bits per heavy atom. The molecule has 0 heterocycles. The number of hydrogen-bond donors (Lipinski definition) is 2. The van der Waals surface area contributed by atoms with E-state index in [1.165, 1.54) is 37.0 Å². The topological polar surface area (TPSA) is 92.9 Å². The molecule has 2 rings (SSSR count). The molecule has 1 aromatic rings. The average molecular weight is 461 g/mol. The van der Waals surface area contributed by atoms with Crippen LogP contribution in [-0.2, 0) is 11.2 Å². The minimum absolute atomic E-state index is 0.130. The Hall–Kier alpha value is -2.08. The van der Waals surface area contributed by atoms with Crippen molar-refractivity contribution in [1.29, 1.82) is 0 Å². The number of esters is 1. The van der Waals surface area contributed by atoms with Crippen molar-refractivity contribution in [3.8, 4) is 5.75 Å². The number of nitrogens with two attached hydrogens (primary N) is 1. The van der Waals surface area contributed by atoms with Crippen LogP contribution in [0.1, 0.15) is 91.0 Å². The van der Waals surface area contributed by atoms with E-state index in [0.29, 0.717) is 12.2 Å². The lowest BCUT2D eigenvalue weighted by Gasteiger charge is -2.50. The second-order valence-electron chi connectivity index (χ2n) is 11.0. The highest BCUT2D eigenvalue weighted by atomic mass is 16.5. The van der Waals surface area contributed by atoms with Crippen molar-refractivity contribution in [1.82, 2.24) is 4.90 Å². The molecule has 3 atom stereocenters. The zero-order valence-corrected chi connectivity index (χ0v) is 21.2. The third-order valence-electron chi connectivity index (χ3n) is 7.21. The van der Waals surface area contributed by atoms with Gasteiger partial charge >= 0.3 is 12.1 Å². The van der Waals surface area contributed by atoms with Crippen LogP contribution < -0.4 is 10.5 Å². The molecule has 3 N–H and O–H groups in total. The number of carbonyl (C=O) groups excluding carboxylic acids is 1. The second-order valence-corrected chi connectivity index (χ2v) is 11.0. The van der Waals surface area contributed by atoms with Crippen LogP contribution >= 0.6 is 0 Å². The maximum Gasteiger partial charge on any atom is 0.407 e. The number of rotatable bonds is 11. The van der Waals surface area contributed by atoms with Gasteiger partial charge in [0.25, 0.3) is 0 Å². The number of unbranched alkanes of at least 4 members (excludes halogenated alkanes) is 5. The Labute approximate surface area is 199 Å². The van der Waals surface area contributed by atoms with Gasteiger partial charge in [-0.2, -0.15) is 0 Å². The number of para-hydroxylation sites is 1. The van der Waals surface area contributed by atoms with Crippen LogP contribution in [0.3, 0.4) is 0 Å². The number of carbonyl (C=O) groups is 2. The number of carboxylic acid groups (broad SMARTS) is 1. The van der Waals surface area contributed by atoms with Gasteiger partial charge in [0, 0.05) is 13.1 Å². The average Bonchev–Trinajstić information content (AvgIpc) is 2.74. The van der Waals surface area contributed by atoms with Crippen molar-refractivity contribution >= 4 is 12.1 Å². The summed E-state index contributed by atoms with van der Waals surface area (Å²) in [5.41, 5.74) is 6.86. The monoisotopic (exact) mass is 460 g/mol. The summed E-state index contributed by atoms with van der Waals surface area (Å²) < 4.78 is 5.84. The van der Waals surface area contributed by atoms with Gasteiger partial charge in [0.05, 0.1) is 0 Å². The normalized spacial score (nSPS) is 23.0. The van der Waals surface area contributed by atoms with Gasteiger partial charge in [0.1, 0.15) is 11.8 Å². The van der Waals surface area contributed by atoms with Gasteiger partial charge in [-0.3, -0.25) is 0 Å². The summed E-state index contributed by atoms with van der Waals surface area (Å²) in [7, 11) is 1.59. The lowest BCUT2D eigenvalue weighted by atomic mass is 9.59. The molecule has 0 radical (unpaired) electrons. The van der Waals surface area contributed by atoms with Crippen LogP contribution in [-0.4, -0.2) is 41.2 Å². The van der Waals surface area contributed by atoms with E-state index in [-0.39, 0.29) is 11.5 Å². The first-order valence-electron chi connectivity index (χ1n) is 12.5. The SMILES string of the molecule is CCCCCCCCc1ccccc1OC(=O)C(N)C1(C)CC(N(C)C(=O)O)CC(C)(C)C1. The lowest BCUT2D eigenvalue weighted by Crippen LogP contribution is -2.56. The first kappa shape index (κ1) is 27.2. The second kappa shape index (κ2) is 11.9. The molecule has 186 valence electrons. The molecule has 1 aliphatic rings. The molecule has 1 aliphatic carbocycles. The van der Waals surface area contributed by atoms with Crippen LogP contribution in [0.2, 0.25) is 0 Å². The minimum Gasteiger partial charge on any atom is -0.465 e. The molecule has 1 amide bonds. The van der Waals surface area contributed by atoms with E-state index < -0.39 is 23.5 Å². The highest BCUT2D eigenvalue weighted by Gasteiger charge is 2.49. The molecular formula is C27H44N2O4. The quantitative estimate of drug-likeness (QED) is 0.239. The fourth-order valence-corrected chi connectivity index (χ4v) is 5.51. The van der Waals surface area contributed by atoms with Gasteiger partial charge in [-0.15, -0.1) is 0 Å². The highest BCUT2D eigenvalue weighted by Crippen LogP contribution is 2.49. The largest absolute Gasteiger partial charge is 0.465 e. The lowest BCUT2D eigenvalue weighted by molar-refractivity contribution is -0.141. The zero-order chi connectivity index (χ0) is 24.6. The van der Waals surface area contributed by atoms with Crippen LogP contribution in [0.4, 0.5) is 4.79 Å². The van der Waals surface area contributed by atoms with Crippen molar-refractivity contribution in [3.63, 3.8) is 0 Å². The predicted octanol–water partition coefficient (Wildman–Crippen LogP) is 6.02. The maximum absolute atomic E-state index is 13.2. The molecule has 1 saturated carbocycles. The van der Waals surface area contributed by atoms with Gasteiger partial charge in [-0.1, -0.05) is 78.0 Å². The Bertz CT molecular complexity index is 794. The van der Waals surface area contributed by atoms with Crippen molar-refractivity contribution in [2.45, 2.75) is 104 Å². The summed E-state index contributed by atoms with van der Waals surface area (Å²) in [6, 6.07) is 6.69. The number of hydrogen-bond acceptors (Lipinski definition) is 4. The van der Waals surface area contributed by atoms with Crippen molar-refractivity contribution in [2.75, 3.05) is 7.05 Å². The summed E-state index contributed by atoms with van der Waals surface area (Å²) in [5, 5.41) is 9.48. The summed E-state index contributed by atoms with van der Waals surface area (Å²) >= 11 is 0. The fourth-order valence-electron chi connectivity index (χ4n) is 5.51. The Morgan fingerprint density at radius 1 is 1.12 bits per heavy atom. The van der Waals surface area contributed by atoms with E-state index in [1.54, 1.807) is 7.05 Å². The minimum atomic E-state index is -0.959. The van der Waals surface area contributed by atoms with Crippen molar-refractivity contribution < 1.29 is 19.4 Å². The van der Waals surface area contributed by atoms with Gasteiger partial charge in [-0.05, 0) is 54.6 Å². The fraction of sp³-hybridized carbons (Fsp3) is 0.704. The van der Waals surface area contributed by atoms with E-state index in [0.717, 1.165) is 31.2 Å². The van der Waals surface area contributed by atoms with Crippen LogP contribution in [0.15, 0.2) is 24.3 Å². The van der Waals surface area contributed by atoms with E-state index >= 15 is 0 Å². The Kier molecular flexibility index (Phi) is 9.77. The van der Waals surface area contributed by atoms with Crippen LogP contribution in [0.25, 0.3) is 0 Å². The summed E-state index contributed by atoms with van der Waals surface area (Å²) in [4.78, 5) is 26.1. The first-order valence-corrected chi connectivity index (χ1v) is 12.5. The third-order valence-corrected chi connectivity index (χ3v) is 7.21. The summed E-state index contributed by atoms with van der Waals surface area (Å²) in [6.07, 6.45) is 9.21. The molecule has 0 aromatic heterocycles. The van der Waals surface area contributed by atoms with Crippen molar-refractivity contribution in [2.24, 2.45) is 16.6 Å². The Balaban J connectivity index is 2.06.